The third-order valence-electron chi connectivity index (χ3n) is 6.49. The quantitative estimate of drug-likeness (QED) is 0.465. The minimum Gasteiger partial charge on any atom is -0.477 e. The normalized spacial score (nSPS) is 15.3. The van der Waals surface area contributed by atoms with Crippen molar-refractivity contribution in [1.82, 2.24) is 19.8 Å². The summed E-state index contributed by atoms with van der Waals surface area (Å²) in [6.45, 7) is 3.42. The molecule has 2 amide bonds. The van der Waals surface area contributed by atoms with Gasteiger partial charge in [-0.25, -0.2) is 14.2 Å². The molecule has 3 aromatic rings. The van der Waals surface area contributed by atoms with Gasteiger partial charge in [0.2, 0.25) is 11.8 Å². The van der Waals surface area contributed by atoms with Gasteiger partial charge in [-0.2, -0.15) is 0 Å². The van der Waals surface area contributed by atoms with E-state index in [1.807, 2.05) is 6.92 Å². The van der Waals surface area contributed by atoms with Gasteiger partial charge < -0.3 is 19.9 Å². The Morgan fingerprint density at radius 2 is 1.92 bits per heavy atom. The molecule has 1 aliphatic rings. The lowest BCUT2D eigenvalue weighted by Gasteiger charge is -2.24. The summed E-state index contributed by atoms with van der Waals surface area (Å²) in [6.07, 6.45) is 3.14. The Bertz CT molecular complexity index is 1370. The number of aryl methyl sites for hydroxylation is 1. The Balaban J connectivity index is 1.51. The van der Waals surface area contributed by atoms with E-state index in [-0.39, 0.29) is 47.8 Å². The second-order valence-corrected chi connectivity index (χ2v) is 8.81. The van der Waals surface area contributed by atoms with Crippen LogP contribution in [0.25, 0.3) is 11.0 Å². The van der Waals surface area contributed by atoms with Crippen LogP contribution in [0.3, 0.4) is 0 Å². The number of ketones is 1. The van der Waals surface area contributed by atoms with E-state index in [0.717, 1.165) is 0 Å². The van der Waals surface area contributed by atoms with Gasteiger partial charge in [-0.15, -0.1) is 0 Å². The number of nitrogens with zero attached hydrogens (tertiary/aromatic N) is 3. The Kier molecular flexibility index (Phi) is 7.14. The summed E-state index contributed by atoms with van der Waals surface area (Å²) in [4.78, 5) is 55.2. The van der Waals surface area contributed by atoms with E-state index in [4.69, 9.17) is 0 Å². The lowest BCUT2D eigenvalue weighted by Crippen LogP contribution is -2.46. The number of carbonyl (C=O) groups is 4. The van der Waals surface area contributed by atoms with Crippen molar-refractivity contribution in [2.45, 2.75) is 52.2 Å². The molecular weight excluding hydrogens is 467 g/mol. The molecule has 2 N–H and O–H groups in total. The first-order valence-electron chi connectivity index (χ1n) is 11.8. The highest BCUT2D eigenvalue weighted by Crippen LogP contribution is 2.23. The van der Waals surface area contributed by atoms with Gasteiger partial charge in [0.05, 0.1) is 0 Å². The third-order valence-corrected chi connectivity index (χ3v) is 6.49. The molecule has 1 atom stereocenters. The minimum atomic E-state index is -1.22. The SMILES string of the molecule is CCc1cccc(CNC(=O)C2CCCN2C(=O)Cn2cc(C(C)=O)c3ccc(C(=O)O)nc32)c1F. The number of hydrogen-bond acceptors (Lipinski definition) is 5. The van der Waals surface area contributed by atoms with Crippen molar-refractivity contribution < 1.29 is 28.7 Å². The maximum atomic E-state index is 14.5. The van der Waals surface area contributed by atoms with Gasteiger partial charge in [-0.05, 0) is 43.9 Å². The predicted molar refractivity (Wildman–Crippen MR) is 129 cm³/mol. The summed E-state index contributed by atoms with van der Waals surface area (Å²) in [7, 11) is 0. The molecule has 9 nitrogen and oxygen atoms in total. The topological polar surface area (TPSA) is 122 Å². The molecule has 1 unspecified atom stereocenters. The lowest BCUT2D eigenvalue weighted by atomic mass is 10.1. The number of likely N-dealkylation sites (tertiary alicyclic amines) is 1. The molecule has 2 aromatic heterocycles. The fourth-order valence-electron chi connectivity index (χ4n) is 4.60. The molecule has 0 radical (unpaired) electrons. The monoisotopic (exact) mass is 494 g/mol. The second kappa shape index (κ2) is 10.3. The van der Waals surface area contributed by atoms with Gasteiger partial charge in [0, 0.05) is 35.8 Å². The van der Waals surface area contributed by atoms with E-state index >= 15 is 0 Å². The summed E-state index contributed by atoms with van der Waals surface area (Å²) in [5, 5.41) is 12.5. The van der Waals surface area contributed by atoms with Crippen molar-refractivity contribution in [2.75, 3.05) is 6.54 Å². The molecule has 0 spiro atoms. The van der Waals surface area contributed by atoms with Crippen molar-refractivity contribution >= 4 is 34.6 Å². The number of pyridine rings is 1. The molecule has 1 saturated heterocycles. The first kappa shape index (κ1) is 25.0. The van der Waals surface area contributed by atoms with E-state index < -0.39 is 12.0 Å². The van der Waals surface area contributed by atoms with Crippen LogP contribution in [0, 0.1) is 5.82 Å². The van der Waals surface area contributed by atoms with E-state index in [1.165, 1.54) is 34.7 Å². The van der Waals surface area contributed by atoms with Crippen LogP contribution in [-0.4, -0.2) is 55.7 Å². The van der Waals surface area contributed by atoms with Gasteiger partial charge in [0.15, 0.2) is 11.5 Å². The molecule has 0 saturated carbocycles. The van der Waals surface area contributed by atoms with Crippen LogP contribution < -0.4 is 5.32 Å². The van der Waals surface area contributed by atoms with Gasteiger partial charge in [0.25, 0.3) is 0 Å². The standard InChI is InChI=1S/C26H27FN4O5/c1-3-16-6-4-7-17(23(16)27)12-28-25(34)21-8-5-11-31(21)22(33)14-30-13-19(15(2)32)18-9-10-20(26(35)36)29-24(18)30/h4,6-7,9-10,13,21H,3,5,8,11-12,14H2,1-2H3,(H,28,34)(H,35,36). The third kappa shape index (κ3) is 4.84. The van der Waals surface area contributed by atoms with E-state index in [2.05, 4.69) is 10.3 Å². The molecule has 10 heteroatoms. The number of Topliss-reactive ketones (excluding diaryl/α,β-unsaturated/α-hetero) is 1. The molecule has 1 fully saturated rings. The van der Waals surface area contributed by atoms with Gasteiger partial charge >= 0.3 is 5.97 Å². The van der Waals surface area contributed by atoms with E-state index in [9.17, 15) is 28.7 Å². The Morgan fingerprint density at radius 1 is 1.17 bits per heavy atom. The maximum absolute atomic E-state index is 14.5. The number of aromatic carboxylic acids is 1. The zero-order valence-corrected chi connectivity index (χ0v) is 20.1. The van der Waals surface area contributed by atoms with Crippen molar-refractivity contribution in [3.05, 3.63) is 64.7 Å². The first-order chi connectivity index (χ1) is 17.2. The molecule has 0 bridgehead atoms. The number of carbonyl (C=O) groups excluding carboxylic acids is 3. The fraction of sp³-hybridized carbons (Fsp3) is 0.346. The number of fused-ring (bicyclic) bond motifs is 1. The highest BCUT2D eigenvalue weighted by molar-refractivity contribution is 6.07. The number of carboxylic acid groups (broad SMARTS) is 1. The Hall–Kier alpha value is -4.08. The number of rotatable bonds is 8. The van der Waals surface area contributed by atoms with E-state index in [1.54, 1.807) is 18.2 Å². The molecular formula is C26H27FN4O5. The maximum Gasteiger partial charge on any atom is 0.354 e. The van der Waals surface area contributed by atoms with Crippen molar-refractivity contribution in [1.29, 1.82) is 0 Å². The molecule has 36 heavy (non-hydrogen) atoms. The highest BCUT2D eigenvalue weighted by atomic mass is 19.1. The number of benzene rings is 1. The number of hydrogen-bond donors (Lipinski definition) is 2. The average molecular weight is 495 g/mol. The summed E-state index contributed by atoms with van der Waals surface area (Å²) < 4.78 is 16.0. The van der Waals surface area contributed by atoms with E-state index in [0.29, 0.717) is 47.9 Å². The largest absolute Gasteiger partial charge is 0.477 e. The van der Waals surface area contributed by atoms with Gasteiger partial charge in [-0.3, -0.25) is 14.4 Å². The van der Waals surface area contributed by atoms with Crippen LogP contribution >= 0.6 is 0 Å². The zero-order chi connectivity index (χ0) is 26.0. The van der Waals surface area contributed by atoms with Gasteiger partial charge in [-0.1, -0.05) is 25.1 Å². The number of carboxylic acids is 1. The van der Waals surface area contributed by atoms with Crippen molar-refractivity contribution in [3.8, 4) is 0 Å². The van der Waals surface area contributed by atoms with Crippen molar-refractivity contribution in [3.63, 3.8) is 0 Å². The summed E-state index contributed by atoms with van der Waals surface area (Å²) in [5.41, 5.74) is 1.29. The zero-order valence-electron chi connectivity index (χ0n) is 20.1. The van der Waals surface area contributed by atoms with Crippen LogP contribution in [0.4, 0.5) is 4.39 Å². The molecule has 188 valence electrons. The predicted octanol–water partition coefficient (Wildman–Crippen LogP) is 2.95. The second-order valence-electron chi connectivity index (χ2n) is 8.81. The molecule has 0 aliphatic carbocycles. The highest BCUT2D eigenvalue weighted by Gasteiger charge is 2.34. The number of halogens is 1. The minimum absolute atomic E-state index is 0.0170. The smallest absolute Gasteiger partial charge is 0.354 e. The van der Waals surface area contributed by atoms with Crippen LogP contribution in [0.15, 0.2) is 36.5 Å². The lowest BCUT2D eigenvalue weighted by molar-refractivity contribution is -0.138. The summed E-state index contributed by atoms with van der Waals surface area (Å²) >= 11 is 0. The molecule has 3 heterocycles. The molecule has 1 aliphatic heterocycles. The number of amides is 2. The number of nitrogens with one attached hydrogen (secondary N) is 1. The van der Waals surface area contributed by atoms with Gasteiger partial charge in [0.1, 0.15) is 24.1 Å². The van der Waals surface area contributed by atoms with Crippen LogP contribution in [-0.2, 0) is 29.1 Å². The Labute approximate surface area is 206 Å². The van der Waals surface area contributed by atoms with Crippen LogP contribution in [0.2, 0.25) is 0 Å². The van der Waals surface area contributed by atoms with Crippen LogP contribution in [0.5, 0.6) is 0 Å². The first-order valence-corrected chi connectivity index (χ1v) is 11.8. The molecule has 4 rings (SSSR count). The Morgan fingerprint density at radius 3 is 2.61 bits per heavy atom. The summed E-state index contributed by atoms with van der Waals surface area (Å²) in [5.74, 6) is -2.53. The fourth-order valence-corrected chi connectivity index (χ4v) is 4.60. The van der Waals surface area contributed by atoms with Crippen LogP contribution in [0.1, 0.15) is 58.7 Å². The molecule has 1 aromatic carbocycles. The summed E-state index contributed by atoms with van der Waals surface area (Å²) in [6, 6.07) is 7.18. The number of aromatic nitrogens is 2. The van der Waals surface area contributed by atoms with Crippen molar-refractivity contribution in [2.24, 2.45) is 0 Å². The average Bonchev–Trinajstić information content (AvgIpc) is 3.48.